The first-order chi connectivity index (χ1) is 9.20. The number of benzene rings is 1. The zero-order valence-electron chi connectivity index (χ0n) is 11.3. The van der Waals surface area contributed by atoms with Gasteiger partial charge in [-0.1, -0.05) is 35.5 Å². The zero-order chi connectivity index (χ0) is 13.7. The second-order valence-electron chi connectivity index (χ2n) is 4.58. The predicted octanol–water partition coefficient (Wildman–Crippen LogP) is 1.93. The summed E-state index contributed by atoms with van der Waals surface area (Å²) >= 11 is 0. The summed E-state index contributed by atoms with van der Waals surface area (Å²) in [6, 6.07) is 10.3. The van der Waals surface area contributed by atoms with Crippen molar-refractivity contribution in [3.8, 4) is 0 Å². The molecule has 5 nitrogen and oxygen atoms in total. The highest BCUT2D eigenvalue weighted by molar-refractivity contribution is 5.19. The van der Waals surface area contributed by atoms with Gasteiger partial charge in [-0.05, 0) is 19.0 Å². The van der Waals surface area contributed by atoms with Crippen LogP contribution in [0.25, 0.3) is 0 Å². The Morgan fingerprint density at radius 1 is 1.32 bits per heavy atom. The molecule has 2 aromatic rings. The van der Waals surface area contributed by atoms with Crippen LogP contribution in [-0.2, 0) is 6.54 Å². The number of aryl methyl sites for hydroxylation is 1. The molecule has 0 amide bonds. The van der Waals surface area contributed by atoms with E-state index in [1.807, 2.05) is 25.2 Å². The summed E-state index contributed by atoms with van der Waals surface area (Å²) < 4.78 is 4.97. The Hall–Kier alpha value is -1.72. The number of hydrogen-bond acceptors (Lipinski definition) is 5. The van der Waals surface area contributed by atoms with E-state index >= 15 is 0 Å². The Balaban J connectivity index is 2.10. The van der Waals surface area contributed by atoms with Gasteiger partial charge >= 0.3 is 0 Å². The Labute approximate surface area is 112 Å². The molecule has 1 aromatic heterocycles. The third-order valence-electron chi connectivity index (χ3n) is 3.08. The van der Waals surface area contributed by atoms with E-state index < -0.39 is 0 Å². The van der Waals surface area contributed by atoms with Crippen LogP contribution >= 0.6 is 0 Å². The third kappa shape index (κ3) is 3.62. The molecule has 0 radical (unpaired) electrons. The van der Waals surface area contributed by atoms with Crippen molar-refractivity contribution in [3.05, 3.63) is 47.6 Å². The van der Waals surface area contributed by atoms with Crippen LogP contribution < -0.4 is 0 Å². The van der Waals surface area contributed by atoms with Gasteiger partial charge in [0.05, 0.1) is 6.54 Å². The molecule has 0 aliphatic carbocycles. The summed E-state index contributed by atoms with van der Waals surface area (Å²) in [5.74, 6) is 1.24. The van der Waals surface area contributed by atoms with Gasteiger partial charge in [-0.25, -0.2) is 0 Å². The van der Waals surface area contributed by atoms with Crippen molar-refractivity contribution in [3.63, 3.8) is 0 Å². The number of aliphatic hydroxyl groups is 1. The Morgan fingerprint density at radius 2 is 2.05 bits per heavy atom. The molecule has 0 spiro atoms. The van der Waals surface area contributed by atoms with Crippen LogP contribution in [0.3, 0.4) is 0 Å². The van der Waals surface area contributed by atoms with Gasteiger partial charge in [0, 0.05) is 19.6 Å². The average molecular weight is 261 g/mol. The van der Waals surface area contributed by atoms with Crippen molar-refractivity contribution in [2.24, 2.45) is 0 Å². The molecule has 0 fully saturated rings. The zero-order valence-corrected chi connectivity index (χ0v) is 11.3. The van der Waals surface area contributed by atoms with E-state index in [1.54, 1.807) is 6.92 Å². The molecule has 19 heavy (non-hydrogen) atoms. The van der Waals surface area contributed by atoms with E-state index in [1.165, 1.54) is 5.56 Å². The summed E-state index contributed by atoms with van der Waals surface area (Å²) in [7, 11) is 2.00. The fourth-order valence-corrected chi connectivity index (χ4v) is 2.18. The van der Waals surface area contributed by atoms with Gasteiger partial charge in [-0.15, -0.1) is 0 Å². The Kier molecular flexibility index (Phi) is 4.65. The summed E-state index contributed by atoms with van der Waals surface area (Å²) in [5, 5.41) is 13.1. The standard InChI is InChI=1S/C14H19N3O2/c1-11-15-14(16-19-11)10-17(2)13(8-9-18)12-6-4-3-5-7-12/h3-7,13,18H,8-10H2,1-2H3/t13-/m1/s1. The van der Waals surface area contributed by atoms with Crippen molar-refractivity contribution < 1.29 is 9.63 Å². The molecule has 0 saturated carbocycles. The number of rotatable bonds is 6. The predicted molar refractivity (Wildman–Crippen MR) is 71.4 cm³/mol. The van der Waals surface area contributed by atoms with Gasteiger partial charge in [-0.2, -0.15) is 4.98 Å². The van der Waals surface area contributed by atoms with Gasteiger partial charge in [-0.3, -0.25) is 4.90 Å². The molecule has 0 unspecified atom stereocenters. The third-order valence-corrected chi connectivity index (χ3v) is 3.08. The summed E-state index contributed by atoms with van der Waals surface area (Å²) in [5.41, 5.74) is 1.18. The number of nitrogens with zero attached hydrogens (tertiary/aromatic N) is 3. The van der Waals surface area contributed by atoms with Crippen LogP contribution in [-0.4, -0.2) is 33.8 Å². The molecule has 102 valence electrons. The quantitative estimate of drug-likeness (QED) is 0.861. The van der Waals surface area contributed by atoms with Gasteiger partial charge in [0.2, 0.25) is 5.89 Å². The number of aromatic nitrogens is 2. The summed E-state index contributed by atoms with van der Waals surface area (Å²) in [6.45, 7) is 2.52. The fraction of sp³-hybridized carbons (Fsp3) is 0.429. The lowest BCUT2D eigenvalue weighted by molar-refractivity contribution is 0.175. The first-order valence-corrected chi connectivity index (χ1v) is 6.36. The van der Waals surface area contributed by atoms with Crippen molar-refractivity contribution >= 4 is 0 Å². The second-order valence-corrected chi connectivity index (χ2v) is 4.58. The Morgan fingerprint density at radius 3 is 2.63 bits per heavy atom. The fourth-order valence-electron chi connectivity index (χ4n) is 2.18. The topological polar surface area (TPSA) is 62.4 Å². The first-order valence-electron chi connectivity index (χ1n) is 6.36. The van der Waals surface area contributed by atoms with Crippen LogP contribution in [0.1, 0.15) is 29.7 Å². The van der Waals surface area contributed by atoms with Crippen LogP contribution in [0.2, 0.25) is 0 Å². The van der Waals surface area contributed by atoms with E-state index in [0.717, 1.165) is 0 Å². The van der Waals surface area contributed by atoms with Crippen molar-refractivity contribution in [2.45, 2.75) is 25.9 Å². The first kappa shape index (κ1) is 13.7. The van der Waals surface area contributed by atoms with Gasteiger partial charge in [0.1, 0.15) is 0 Å². The highest BCUT2D eigenvalue weighted by Crippen LogP contribution is 2.23. The van der Waals surface area contributed by atoms with Crippen molar-refractivity contribution in [1.29, 1.82) is 0 Å². The van der Waals surface area contributed by atoms with E-state index in [0.29, 0.717) is 24.7 Å². The molecule has 0 aliphatic rings. The van der Waals surface area contributed by atoms with Gasteiger partial charge in [0.25, 0.3) is 0 Å². The molecule has 1 N–H and O–H groups in total. The van der Waals surface area contributed by atoms with Crippen LogP contribution in [0.15, 0.2) is 34.9 Å². The number of hydrogen-bond donors (Lipinski definition) is 1. The maximum atomic E-state index is 9.24. The lowest BCUT2D eigenvalue weighted by Crippen LogP contribution is -2.25. The Bertz CT molecular complexity index is 498. The highest BCUT2D eigenvalue weighted by Gasteiger charge is 2.18. The molecule has 2 rings (SSSR count). The minimum atomic E-state index is 0.144. The molecule has 1 atom stereocenters. The van der Waals surface area contributed by atoms with Crippen LogP contribution in [0, 0.1) is 6.92 Å². The molecule has 1 aromatic carbocycles. The largest absolute Gasteiger partial charge is 0.396 e. The van der Waals surface area contributed by atoms with Crippen LogP contribution in [0.4, 0.5) is 0 Å². The lowest BCUT2D eigenvalue weighted by atomic mass is 10.0. The summed E-state index contributed by atoms with van der Waals surface area (Å²) in [4.78, 5) is 6.33. The normalized spacial score (nSPS) is 12.8. The monoisotopic (exact) mass is 261 g/mol. The van der Waals surface area contributed by atoms with E-state index in [9.17, 15) is 5.11 Å². The molecule has 0 saturated heterocycles. The van der Waals surface area contributed by atoms with Crippen molar-refractivity contribution in [2.75, 3.05) is 13.7 Å². The molecular weight excluding hydrogens is 242 g/mol. The maximum Gasteiger partial charge on any atom is 0.223 e. The minimum absolute atomic E-state index is 0.144. The smallest absolute Gasteiger partial charge is 0.223 e. The molecule has 1 heterocycles. The van der Waals surface area contributed by atoms with E-state index in [4.69, 9.17) is 4.52 Å². The SMILES string of the molecule is Cc1nc(CN(C)[C@H](CCO)c2ccccc2)no1. The van der Waals surface area contributed by atoms with E-state index in [-0.39, 0.29) is 12.6 Å². The van der Waals surface area contributed by atoms with Crippen molar-refractivity contribution in [1.82, 2.24) is 15.0 Å². The summed E-state index contributed by atoms with van der Waals surface area (Å²) in [6.07, 6.45) is 0.678. The molecule has 0 aliphatic heterocycles. The molecule has 5 heteroatoms. The van der Waals surface area contributed by atoms with Gasteiger partial charge in [0.15, 0.2) is 5.82 Å². The molecule has 0 bridgehead atoms. The van der Waals surface area contributed by atoms with Gasteiger partial charge < -0.3 is 9.63 Å². The lowest BCUT2D eigenvalue weighted by Gasteiger charge is -2.26. The highest BCUT2D eigenvalue weighted by atomic mass is 16.5. The minimum Gasteiger partial charge on any atom is -0.396 e. The number of aliphatic hydroxyl groups excluding tert-OH is 1. The molecular formula is C14H19N3O2. The van der Waals surface area contributed by atoms with E-state index in [2.05, 4.69) is 27.2 Å². The average Bonchev–Trinajstić information content (AvgIpc) is 2.82. The maximum absolute atomic E-state index is 9.24. The van der Waals surface area contributed by atoms with Crippen LogP contribution in [0.5, 0.6) is 0 Å². The second kappa shape index (κ2) is 6.45.